The number of benzene rings is 1. The molecule has 2 atom stereocenters. The smallest absolute Gasteiger partial charge is 0.407 e. The van der Waals surface area contributed by atoms with E-state index in [2.05, 4.69) is 10.1 Å². The molecule has 0 aliphatic rings. The Bertz CT molecular complexity index is 626. The molecule has 0 aliphatic carbocycles. The number of amides is 1. The van der Waals surface area contributed by atoms with Crippen molar-refractivity contribution in [3.8, 4) is 11.1 Å². The Morgan fingerprint density at radius 1 is 1.24 bits per heavy atom. The molecule has 0 fully saturated rings. The molecule has 0 bridgehead atoms. The third kappa shape index (κ3) is 3.13. The second-order valence-corrected chi connectivity index (χ2v) is 5.33. The van der Waals surface area contributed by atoms with Gasteiger partial charge in [-0.3, -0.25) is 4.79 Å². The fourth-order valence-electron chi connectivity index (χ4n) is 2.34. The van der Waals surface area contributed by atoms with Crippen molar-refractivity contribution >= 4 is 6.09 Å². The molecule has 1 amide bonds. The van der Waals surface area contributed by atoms with Crippen molar-refractivity contribution in [3.05, 3.63) is 46.1 Å². The second kappa shape index (κ2) is 6.10. The van der Waals surface area contributed by atoms with E-state index >= 15 is 0 Å². The van der Waals surface area contributed by atoms with E-state index in [0.29, 0.717) is 11.1 Å². The Morgan fingerprint density at radius 3 is 2.38 bits per heavy atom. The lowest BCUT2D eigenvalue weighted by molar-refractivity contribution is 0.0973. The molecule has 0 saturated carbocycles. The summed E-state index contributed by atoms with van der Waals surface area (Å²) in [6.45, 7) is 3.72. The van der Waals surface area contributed by atoms with Crippen LogP contribution in [-0.4, -0.2) is 24.4 Å². The van der Waals surface area contributed by atoms with Crippen molar-refractivity contribution in [1.82, 2.24) is 5.32 Å². The summed E-state index contributed by atoms with van der Waals surface area (Å²) in [6, 6.07) is 8.62. The Labute approximate surface area is 123 Å². The molecule has 0 radical (unpaired) electrons. The number of hydrogen-bond acceptors (Lipinski definition) is 4. The standard InChI is InChI=1S/C16H19NO4/c1-9(2)13(17-16(20)21-3)15(19)12-11(14(12)18)10-7-5-4-6-8-10/h4-9,13,15,19H,1-3H3,(H,17,20)/t13-,15?/m0/s1. The zero-order valence-corrected chi connectivity index (χ0v) is 12.3. The van der Waals surface area contributed by atoms with Crippen molar-refractivity contribution in [1.29, 1.82) is 0 Å². The van der Waals surface area contributed by atoms with Crippen LogP contribution < -0.4 is 10.7 Å². The van der Waals surface area contributed by atoms with E-state index in [9.17, 15) is 14.7 Å². The van der Waals surface area contributed by atoms with Gasteiger partial charge in [-0.25, -0.2) is 4.79 Å². The van der Waals surface area contributed by atoms with Gasteiger partial charge in [0.25, 0.3) is 0 Å². The molecule has 2 aromatic carbocycles. The zero-order valence-electron chi connectivity index (χ0n) is 12.3. The van der Waals surface area contributed by atoms with Crippen LogP contribution >= 0.6 is 0 Å². The molecule has 2 aromatic rings. The highest BCUT2D eigenvalue weighted by Crippen LogP contribution is 2.33. The first-order valence-electron chi connectivity index (χ1n) is 6.84. The van der Waals surface area contributed by atoms with Gasteiger partial charge in [0.15, 0.2) is 5.43 Å². The number of carbonyl (C=O) groups is 1. The SMILES string of the molecule is COC(=O)N[C@@H](C(C)C)C(O)c1c(-c2ccccc2)c1=O. The van der Waals surface area contributed by atoms with Crippen LogP contribution in [0, 0.1) is 5.92 Å². The first-order valence-corrected chi connectivity index (χ1v) is 6.84. The van der Waals surface area contributed by atoms with Gasteiger partial charge >= 0.3 is 6.09 Å². The number of hydrogen-bond donors (Lipinski definition) is 2. The normalized spacial score (nSPS) is 14.1. The molecule has 2 rings (SSSR count). The molecule has 112 valence electrons. The van der Waals surface area contributed by atoms with Gasteiger partial charge in [-0.2, -0.15) is 0 Å². The third-order valence-corrected chi connectivity index (χ3v) is 3.57. The fourth-order valence-corrected chi connectivity index (χ4v) is 2.34. The number of aliphatic hydroxyl groups excluding tert-OH is 1. The summed E-state index contributed by atoms with van der Waals surface area (Å²) >= 11 is 0. The summed E-state index contributed by atoms with van der Waals surface area (Å²) in [7, 11) is 1.26. The lowest BCUT2D eigenvalue weighted by atomic mass is 9.96. The van der Waals surface area contributed by atoms with Crippen LogP contribution in [0.1, 0.15) is 25.5 Å². The van der Waals surface area contributed by atoms with Gasteiger partial charge in [-0.05, 0) is 11.5 Å². The maximum absolute atomic E-state index is 12.0. The van der Waals surface area contributed by atoms with E-state index in [1.54, 1.807) is 0 Å². The van der Waals surface area contributed by atoms with Gasteiger partial charge in [-0.1, -0.05) is 44.2 Å². The highest BCUT2D eigenvalue weighted by molar-refractivity contribution is 5.77. The summed E-state index contributed by atoms with van der Waals surface area (Å²) in [5.74, 6) is -0.0444. The van der Waals surface area contributed by atoms with Crippen LogP contribution in [0.15, 0.2) is 35.1 Å². The van der Waals surface area contributed by atoms with E-state index in [1.807, 2.05) is 44.2 Å². The molecule has 0 saturated heterocycles. The molecule has 0 aromatic heterocycles. The molecule has 2 N–H and O–H groups in total. The van der Waals surface area contributed by atoms with Gasteiger partial charge in [0, 0.05) is 11.1 Å². The van der Waals surface area contributed by atoms with Crippen LogP contribution in [0.25, 0.3) is 11.1 Å². The van der Waals surface area contributed by atoms with E-state index in [-0.39, 0.29) is 11.3 Å². The molecule has 21 heavy (non-hydrogen) atoms. The molecular formula is C16H19NO4. The maximum Gasteiger partial charge on any atom is 0.407 e. The quantitative estimate of drug-likeness (QED) is 0.882. The number of nitrogens with one attached hydrogen (secondary N) is 1. The van der Waals surface area contributed by atoms with E-state index < -0.39 is 18.2 Å². The average Bonchev–Trinajstić information content (AvgIpc) is 3.15. The molecule has 1 unspecified atom stereocenters. The number of aliphatic hydroxyl groups is 1. The second-order valence-electron chi connectivity index (χ2n) is 5.33. The van der Waals surface area contributed by atoms with Crippen LogP contribution in [0.5, 0.6) is 0 Å². The van der Waals surface area contributed by atoms with Crippen molar-refractivity contribution in [2.75, 3.05) is 7.11 Å². The van der Waals surface area contributed by atoms with Crippen molar-refractivity contribution < 1.29 is 14.6 Å². The minimum Gasteiger partial charge on any atom is -0.453 e. The fraction of sp³-hybridized carbons (Fsp3) is 0.375. The average molecular weight is 289 g/mol. The van der Waals surface area contributed by atoms with Gasteiger partial charge in [0.05, 0.1) is 13.2 Å². The minimum atomic E-state index is -1.04. The number of alkyl carbamates (subject to hydrolysis) is 1. The molecule has 5 heteroatoms. The highest BCUT2D eigenvalue weighted by atomic mass is 16.5. The molecule has 0 spiro atoms. The topological polar surface area (TPSA) is 75.6 Å². The summed E-state index contributed by atoms with van der Waals surface area (Å²) in [5.41, 5.74) is 1.56. The van der Waals surface area contributed by atoms with E-state index in [0.717, 1.165) is 5.56 Å². The monoisotopic (exact) mass is 289 g/mol. The number of methoxy groups -OCH3 is 1. The number of ether oxygens (including phenoxy) is 1. The molecular weight excluding hydrogens is 270 g/mol. The Balaban J connectivity index is 2.21. The first kappa shape index (κ1) is 15.3. The first-order chi connectivity index (χ1) is 9.97. The van der Waals surface area contributed by atoms with Crippen LogP contribution in [0.2, 0.25) is 0 Å². The maximum atomic E-state index is 12.0. The Kier molecular flexibility index (Phi) is 4.43. The minimum absolute atomic E-state index is 0.0444. The largest absolute Gasteiger partial charge is 0.453 e. The lowest BCUT2D eigenvalue weighted by Gasteiger charge is -2.25. The van der Waals surface area contributed by atoms with Crippen LogP contribution in [-0.2, 0) is 4.74 Å². The number of carbonyl (C=O) groups excluding carboxylic acids is 1. The van der Waals surface area contributed by atoms with E-state index in [1.165, 1.54) is 7.11 Å². The van der Waals surface area contributed by atoms with Crippen molar-refractivity contribution in [2.24, 2.45) is 5.92 Å². The molecule has 0 heterocycles. The Morgan fingerprint density at radius 2 is 1.86 bits per heavy atom. The van der Waals surface area contributed by atoms with Gasteiger partial charge in [0.2, 0.25) is 0 Å². The van der Waals surface area contributed by atoms with E-state index in [4.69, 9.17) is 0 Å². The van der Waals surface area contributed by atoms with Gasteiger partial charge in [0.1, 0.15) is 6.10 Å². The predicted molar refractivity (Wildman–Crippen MR) is 79.6 cm³/mol. The van der Waals surface area contributed by atoms with Gasteiger partial charge in [-0.15, -0.1) is 0 Å². The number of rotatable bonds is 5. The van der Waals surface area contributed by atoms with Crippen LogP contribution in [0.4, 0.5) is 4.79 Å². The summed E-state index contributed by atoms with van der Waals surface area (Å²) in [5, 5.41) is 13.0. The van der Waals surface area contributed by atoms with Crippen LogP contribution in [0.3, 0.4) is 0 Å². The summed E-state index contributed by atoms with van der Waals surface area (Å²) in [6.07, 6.45) is -1.66. The Hall–Kier alpha value is -2.14. The zero-order chi connectivity index (χ0) is 15.6. The van der Waals surface area contributed by atoms with Gasteiger partial charge < -0.3 is 15.2 Å². The predicted octanol–water partition coefficient (Wildman–Crippen LogP) is 2.00. The molecule has 0 aliphatic heterocycles. The third-order valence-electron chi connectivity index (χ3n) is 3.57. The van der Waals surface area contributed by atoms with Crippen molar-refractivity contribution in [2.45, 2.75) is 26.0 Å². The van der Waals surface area contributed by atoms with Crippen molar-refractivity contribution in [3.63, 3.8) is 0 Å². The lowest BCUT2D eigenvalue weighted by Crippen LogP contribution is -2.42. The summed E-state index contributed by atoms with van der Waals surface area (Å²) in [4.78, 5) is 23.3. The summed E-state index contributed by atoms with van der Waals surface area (Å²) < 4.78 is 4.56. The molecule has 5 nitrogen and oxygen atoms in total. The highest BCUT2D eigenvalue weighted by Gasteiger charge is 2.36.